The summed E-state index contributed by atoms with van der Waals surface area (Å²) >= 11 is 1.45. The standard InChI is InChI=1S/C26H29N3O4S/c1-26(2)14-18(12-13-33-26)29-24-22(25(31)28-29)23(34-16-21(30)27-24)19-10-6-7-11-20(19)32-15-17-8-4-3-5-9-17/h3-11,18,23H,12-16H2,1-2H3,(H,27,30)(H,28,31)/t18-,23+/m1/s1. The quantitative estimate of drug-likeness (QED) is 0.556. The van der Waals surface area contributed by atoms with E-state index < -0.39 is 0 Å². The molecule has 2 aliphatic heterocycles. The third-order valence-electron chi connectivity index (χ3n) is 6.34. The Hall–Kier alpha value is -2.97. The van der Waals surface area contributed by atoms with Crippen LogP contribution in [-0.4, -0.2) is 33.6 Å². The molecule has 0 spiro atoms. The van der Waals surface area contributed by atoms with Crippen LogP contribution in [0.25, 0.3) is 0 Å². The van der Waals surface area contributed by atoms with Crippen molar-refractivity contribution in [3.8, 4) is 5.75 Å². The minimum atomic E-state index is -0.334. The van der Waals surface area contributed by atoms with Gasteiger partial charge in [0.25, 0.3) is 5.56 Å². The SMILES string of the molecule is CC1(C)C[C@H](n2[nH]c(=O)c3c2NC(=O)CS[C@H]3c2ccccc2OCc2ccccc2)CCO1. The molecule has 0 radical (unpaired) electrons. The second-order valence-electron chi connectivity index (χ2n) is 9.38. The number of hydrogen-bond donors (Lipinski definition) is 2. The molecule has 8 heteroatoms. The molecule has 1 saturated heterocycles. The summed E-state index contributed by atoms with van der Waals surface area (Å²) in [6, 6.07) is 17.8. The number of hydrogen-bond acceptors (Lipinski definition) is 5. The Morgan fingerprint density at radius 1 is 1.12 bits per heavy atom. The zero-order chi connectivity index (χ0) is 23.7. The molecule has 1 aromatic heterocycles. The Morgan fingerprint density at radius 3 is 2.68 bits per heavy atom. The van der Waals surface area contributed by atoms with Gasteiger partial charge in [0, 0.05) is 12.2 Å². The van der Waals surface area contributed by atoms with Crippen molar-refractivity contribution in [2.45, 2.75) is 50.2 Å². The number of carbonyl (C=O) groups is 1. The fraction of sp³-hybridized carbons (Fsp3) is 0.385. The van der Waals surface area contributed by atoms with Gasteiger partial charge in [0.1, 0.15) is 18.2 Å². The summed E-state index contributed by atoms with van der Waals surface area (Å²) in [5, 5.41) is 5.69. The van der Waals surface area contributed by atoms with Gasteiger partial charge in [0.15, 0.2) is 0 Å². The number of thioether (sulfide) groups is 1. The minimum Gasteiger partial charge on any atom is -0.489 e. The molecule has 0 saturated carbocycles. The van der Waals surface area contributed by atoms with Crippen molar-refractivity contribution < 1.29 is 14.3 Å². The lowest BCUT2D eigenvalue weighted by molar-refractivity contribution is -0.113. The average Bonchev–Trinajstić information content (AvgIpc) is 3.03. The number of nitrogens with one attached hydrogen (secondary N) is 2. The number of H-pyrrole nitrogens is 1. The van der Waals surface area contributed by atoms with E-state index in [4.69, 9.17) is 9.47 Å². The molecule has 2 aliphatic rings. The number of fused-ring (bicyclic) bond motifs is 1. The fourth-order valence-corrected chi connectivity index (χ4v) is 5.90. The lowest BCUT2D eigenvalue weighted by Crippen LogP contribution is -2.36. The molecule has 3 aromatic rings. The number of amides is 1. The van der Waals surface area contributed by atoms with Gasteiger partial charge in [-0.25, -0.2) is 0 Å². The van der Waals surface area contributed by atoms with E-state index in [0.717, 1.165) is 24.0 Å². The van der Waals surface area contributed by atoms with Crippen LogP contribution in [0.5, 0.6) is 5.75 Å². The van der Waals surface area contributed by atoms with E-state index >= 15 is 0 Å². The lowest BCUT2D eigenvalue weighted by atomic mass is 9.94. The fourth-order valence-electron chi connectivity index (χ4n) is 4.75. The number of anilines is 1. The molecule has 0 bridgehead atoms. The number of aromatic amines is 1. The summed E-state index contributed by atoms with van der Waals surface area (Å²) in [7, 11) is 0. The smallest absolute Gasteiger partial charge is 0.270 e. The van der Waals surface area contributed by atoms with E-state index in [0.29, 0.717) is 30.3 Å². The summed E-state index contributed by atoms with van der Waals surface area (Å²) in [5.41, 5.74) is 2.04. The van der Waals surface area contributed by atoms with Gasteiger partial charge >= 0.3 is 0 Å². The van der Waals surface area contributed by atoms with E-state index in [1.54, 1.807) is 0 Å². The summed E-state index contributed by atoms with van der Waals surface area (Å²) in [5.74, 6) is 1.41. The average molecular weight is 480 g/mol. The number of nitrogens with zero attached hydrogens (tertiary/aromatic N) is 1. The minimum absolute atomic E-state index is 0.0359. The number of benzene rings is 2. The molecule has 34 heavy (non-hydrogen) atoms. The van der Waals surface area contributed by atoms with Gasteiger partial charge in [0.05, 0.1) is 28.2 Å². The Bertz CT molecular complexity index is 1230. The molecule has 1 fully saturated rings. The summed E-state index contributed by atoms with van der Waals surface area (Å²) in [4.78, 5) is 26.0. The van der Waals surface area contributed by atoms with Crippen LogP contribution in [-0.2, 0) is 16.1 Å². The number of rotatable bonds is 5. The first-order valence-corrected chi connectivity index (χ1v) is 12.6. The Labute approximate surface area is 202 Å². The summed E-state index contributed by atoms with van der Waals surface area (Å²) < 4.78 is 13.9. The van der Waals surface area contributed by atoms with Crippen LogP contribution in [0.2, 0.25) is 0 Å². The highest BCUT2D eigenvalue weighted by Crippen LogP contribution is 2.44. The maximum absolute atomic E-state index is 13.3. The van der Waals surface area contributed by atoms with Crippen LogP contribution >= 0.6 is 11.8 Å². The van der Waals surface area contributed by atoms with Gasteiger partial charge in [-0.2, -0.15) is 0 Å². The van der Waals surface area contributed by atoms with Gasteiger partial charge in [-0.15, -0.1) is 11.8 Å². The zero-order valence-corrected chi connectivity index (χ0v) is 20.2. The number of aromatic nitrogens is 2. The molecule has 2 atom stereocenters. The Morgan fingerprint density at radius 2 is 1.88 bits per heavy atom. The second kappa shape index (κ2) is 9.35. The lowest BCUT2D eigenvalue weighted by Gasteiger charge is -2.36. The van der Waals surface area contributed by atoms with Crippen molar-refractivity contribution in [3.63, 3.8) is 0 Å². The molecule has 178 valence electrons. The molecular weight excluding hydrogens is 450 g/mol. The number of carbonyl (C=O) groups excluding carboxylic acids is 1. The third kappa shape index (κ3) is 4.65. The highest BCUT2D eigenvalue weighted by molar-refractivity contribution is 8.00. The van der Waals surface area contributed by atoms with E-state index in [2.05, 4.69) is 24.3 Å². The van der Waals surface area contributed by atoms with Crippen molar-refractivity contribution in [3.05, 3.63) is 81.6 Å². The molecule has 7 nitrogen and oxygen atoms in total. The maximum atomic E-state index is 13.3. The zero-order valence-electron chi connectivity index (χ0n) is 19.4. The van der Waals surface area contributed by atoms with Crippen LogP contribution in [0.3, 0.4) is 0 Å². The molecule has 3 heterocycles. The van der Waals surface area contributed by atoms with Crippen molar-refractivity contribution >= 4 is 23.5 Å². The Kier molecular flexibility index (Phi) is 6.27. The molecule has 0 unspecified atom stereocenters. The first-order valence-electron chi connectivity index (χ1n) is 11.6. The predicted molar refractivity (Wildman–Crippen MR) is 134 cm³/mol. The van der Waals surface area contributed by atoms with Crippen molar-refractivity contribution in [2.75, 3.05) is 17.7 Å². The number of ether oxygens (including phenoxy) is 2. The van der Waals surface area contributed by atoms with Crippen molar-refractivity contribution in [1.29, 1.82) is 0 Å². The van der Waals surface area contributed by atoms with Crippen molar-refractivity contribution in [1.82, 2.24) is 9.78 Å². The van der Waals surface area contributed by atoms with E-state index in [-0.39, 0.29) is 34.1 Å². The van der Waals surface area contributed by atoms with Gasteiger partial charge in [-0.3, -0.25) is 19.4 Å². The topological polar surface area (TPSA) is 85.4 Å². The van der Waals surface area contributed by atoms with Crippen molar-refractivity contribution in [2.24, 2.45) is 0 Å². The molecule has 2 N–H and O–H groups in total. The van der Waals surface area contributed by atoms with Crippen LogP contribution in [0, 0.1) is 0 Å². The molecule has 0 aliphatic carbocycles. The maximum Gasteiger partial charge on any atom is 0.270 e. The van der Waals surface area contributed by atoms with E-state index in [1.165, 1.54) is 11.8 Å². The van der Waals surface area contributed by atoms with Crippen LogP contribution in [0.15, 0.2) is 59.4 Å². The van der Waals surface area contributed by atoms with Crippen LogP contribution in [0.4, 0.5) is 5.82 Å². The highest BCUT2D eigenvalue weighted by atomic mass is 32.2. The molecular formula is C26H29N3O4S. The largest absolute Gasteiger partial charge is 0.489 e. The van der Waals surface area contributed by atoms with Gasteiger partial charge in [0.2, 0.25) is 5.91 Å². The number of para-hydroxylation sites is 1. The Balaban J connectivity index is 1.52. The first kappa shape index (κ1) is 22.8. The highest BCUT2D eigenvalue weighted by Gasteiger charge is 2.36. The van der Waals surface area contributed by atoms with Gasteiger partial charge < -0.3 is 14.8 Å². The second-order valence-corrected chi connectivity index (χ2v) is 10.5. The van der Waals surface area contributed by atoms with Gasteiger partial charge in [-0.1, -0.05) is 48.5 Å². The summed E-state index contributed by atoms with van der Waals surface area (Å²) in [6.07, 6.45) is 1.51. The molecule has 5 rings (SSSR count). The van der Waals surface area contributed by atoms with Gasteiger partial charge in [-0.05, 0) is 38.3 Å². The van der Waals surface area contributed by atoms with Crippen LogP contribution in [0.1, 0.15) is 54.7 Å². The van der Waals surface area contributed by atoms with E-state index in [9.17, 15) is 9.59 Å². The summed E-state index contributed by atoms with van der Waals surface area (Å²) in [6.45, 7) is 5.14. The predicted octanol–water partition coefficient (Wildman–Crippen LogP) is 4.66. The molecule has 2 aromatic carbocycles. The normalized spacial score (nSPS) is 21.9. The monoisotopic (exact) mass is 479 g/mol. The molecule has 1 amide bonds. The first-order chi connectivity index (χ1) is 16.4. The third-order valence-corrected chi connectivity index (χ3v) is 7.59. The van der Waals surface area contributed by atoms with Crippen LogP contribution < -0.4 is 15.6 Å². The van der Waals surface area contributed by atoms with E-state index in [1.807, 2.05) is 59.3 Å².